The van der Waals surface area contributed by atoms with Crippen LogP contribution in [-0.2, 0) is 9.59 Å². The fraction of sp³-hybridized carbons (Fsp3) is 0.100. The van der Waals surface area contributed by atoms with Crippen LogP contribution in [0.4, 0.5) is 0 Å². The molecule has 2 aromatic rings. The van der Waals surface area contributed by atoms with Crippen molar-refractivity contribution < 1.29 is 23.8 Å². The van der Waals surface area contributed by atoms with Crippen molar-refractivity contribution in [2.24, 2.45) is 0 Å². The van der Waals surface area contributed by atoms with Crippen LogP contribution in [0.5, 0.6) is 23.0 Å². The molecule has 0 aliphatic heterocycles. The number of hydrogen-bond acceptors (Lipinski definition) is 5. The van der Waals surface area contributed by atoms with Gasteiger partial charge in [0.25, 0.3) is 0 Å². The Hall–Kier alpha value is -3.34. The number of ether oxygens (including phenoxy) is 3. The summed E-state index contributed by atoms with van der Waals surface area (Å²) >= 11 is 0. The van der Waals surface area contributed by atoms with Gasteiger partial charge >= 0.3 is 11.9 Å². The van der Waals surface area contributed by atoms with Crippen LogP contribution in [0.2, 0.25) is 0 Å². The van der Waals surface area contributed by atoms with E-state index in [2.05, 4.69) is 13.2 Å². The average molecular weight is 338 g/mol. The fourth-order valence-corrected chi connectivity index (χ4v) is 2.03. The highest BCUT2D eigenvalue weighted by Crippen LogP contribution is 2.31. The maximum absolute atomic E-state index is 11.2. The van der Waals surface area contributed by atoms with Crippen LogP contribution in [0.1, 0.15) is 11.1 Å². The fourth-order valence-electron chi connectivity index (χ4n) is 2.03. The Bertz CT molecular complexity index is 766. The lowest BCUT2D eigenvalue weighted by Crippen LogP contribution is -2.03. The molecule has 0 bridgehead atoms. The third kappa shape index (κ3) is 4.81. The first-order valence-corrected chi connectivity index (χ1v) is 7.50. The molecule has 0 heterocycles. The zero-order valence-electron chi connectivity index (χ0n) is 14.1. The topological polar surface area (TPSA) is 61.8 Å². The summed E-state index contributed by atoms with van der Waals surface area (Å²) in [6.45, 7) is 10.4. The number of esters is 2. The van der Waals surface area contributed by atoms with Gasteiger partial charge in [-0.25, -0.2) is 9.59 Å². The molecule has 0 fully saturated rings. The second-order valence-electron chi connectivity index (χ2n) is 5.21. The minimum absolute atomic E-state index is 0.415. The quantitative estimate of drug-likeness (QED) is 0.447. The van der Waals surface area contributed by atoms with Crippen molar-refractivity contribution in [2.45, 2.75) is 13.8 Å². The van der Waals surface area contributed by atoms with E-state index in [1.54, 1.807) is 36.4 Å². The predicted molar refractivity (Wildman–Crippen MR) is 94.1 cm³/mol. The smallest absolute Gasteiger partial charge is 0.335 e. The molecule has 2 rings (SSSR count). The molecule has 5 heteroatoms. The molecule has 0 aliphatic rings. The molecule has 0 saturated carbocycles. The summed E-state index contributed by atoms with van der Waals surface area (Å²) in [5.74, 6) is 1.04. The number of carbonyl (C=O) groups excluding carboxylic acids is 2. The first-order valence-electron chi connectivity index (χ1n) is 7.50. The molecule has 128 valence electrons. The molecule has 25 heavy (non-hydrogen) atoms. The van der Waals surface area contributed by atoms with E-state index in [4.69, 9.17) is 14.2 Å². The van der Waals surface area contributed by atoms with E-state index in [-0.39, 0.29) is 0 Å². The van der Waals surface area contributed by atoms with Gasteiger partial charge < -0.3 is 14.2 Å². The predicted octanol–water partition coefficient (Wildman–Crippen LogP) is 4.28. The molecule has 0 unspecified atom stereocenters. The number of aryl methyl sites for hydroxylation is 2. The van der Waals surface area contributed by atoms with Gasteiger partial charge in [-0.15, -0.1) is 0 Å². The summed E-state index contributed by atoms with van der Waals surface area (Å²) < 4.78 is 16.0. The summed E-state index contributed by atoms with van der Waals surface area (Å²) in [4.78, 5) is 22.5. The second kappa shape index (κ2) is 7.97. The maximum atomic E-state index is 11.2. The Morgan fingerprint density at radius 3 is 1.52 bits per heavy atom. The van der Waals surface area contributed by atoms with Gasteiger partial charge in [0.15, 0.2) is 0 Å². The van der Waals surface area contributed by atoms with Crippen LogP contribution in [0.15, 0.2) is 61.7 Å². The first-order chi connectivity index (χ1) is 11.9. The second-order valence-corrected chi connectivity index (χ2v) is 5.21. The lowest BCUT2D eigenvalue weighted by Gasteiger charge is -2.13. The van der Waals surface area contributed by atoms with E-state index in [9.17, 15) is 9.59 Å². The summed E-state index contributed by atoms with van der Waals surface area (Å²) in [6, 6.07) is 10.1. The van der Waals surface area contributed by atoms with Crippen LogP contribution in [0.3, 0.4) is 0 Å². The Balaban J connectivity index is 2.16. The highest BCUT2D eigenvalue weighted by molar-refractivity contribution is 5.83. The summed E-state index contributed by atoms with van der Waals surface area (Å²) in [6.07, 6.45) is 2.20. The highest BCUT2D eigenvalue weighted by atomic mass is 16.5. The molecule has 0 aliphatic carbocycles. The third-order valence-corrected chi connectivity index (χ3v) is 3.28. The van der Waals surface area contributed by atoms with Crippen molar-refractivity contribution in [1.82, 2.24) is 0 Å². The summed E-state index contributed by atoms with van der Waals surface area (Å²) in [5, 5.41) is 0. The van der Waals surface area contributed by atoms with E-state index < -0.39 is 11.9 Å². The molecular weight excluding hydrogens is 320 g/mol. The molecule has 5 nitrogen and oxygen atoms in total. The van der Waals surface area contributed by atoms with E-state index >= 15 is 0 Å². The van der Waals surface area contributed by atoms with Gasteiger partial charge in [0.2, 0.25) is 0 Å². The molecule has 0 atom stereocenters. The van der Waals surface area contributed by atoms with Crippen molar-refractivity contribution in [3.63, 3.8) is 0 Å². The molecule has 0 N–H and O–H groups in total. The Kier molecular flexibility index (Phi) is 5.74. The van der Waals surface area contributed by atoms with Gasteiger partial charge in [-0.1, -0.05) is 13.2 Å². The Morgan fingerprint density at radius 1 is 0.800 bits per heavy atom. The number of hydrogen-bond donors (Lipinski definition) is 0. The summed E-state index contributed by atoms with van der Waals surface area (Å²) in [7, 11) is 0. The van der Waals surface area contributed by atoms with Crippen molar-refractivity contribution in [2.75, 3.05) is 0 Å². The standard InChI is InChI=1S/C20H18O5/c1-5-19(21)23-15-7-9-17(13(3)11-15)25-18-10-8-16(12-14(18)4)24-20(22)6-2/h5-12H,1-2H2,3-4H3. The summed E-state index contributed by atoms with van der Waals surface area (Å²) in [5.41, 5.74) is 1.60. The van der Waals surface area contributed by atoms with Crippen LogP contribution >= 0.6 is 0 Å². The monoisotopic (exact) mass is 338 g/mol. The van der Waals surface area contributed by atoms with Crippen LogP contribution in [0.25, 0.3) is 0 Å². The van der Waals surface area contributed by atoms with Gasteiger partial charge in [-0.05, 0) is 61.4 Å². The largest absolute Gasteiger partial charge is 0.457 e. The minimum Gasteiger partial charge on any atom is -0.457 e. The lowest BCUT2D eigenvalue weighted by molar-refractivity contribution is -0.129. The van der Waals surface area contributed by atoms with Gasteiger partial charge in [-0.3, -0.25) is 0 Å². The van der Waals surface area contributed by atoms with E-state index in [0.29, 0.717) is 23.0 Å². The van der Waals surface area contributed by atoms with Crippen molar-refractivity contribution >= 4 is 11.9 Å². The van der Waals surface area contributed by atoms with E-state index in [0.717, 1.165) is 23.3 Å². The Labute approximate surface area is 146 Å². The van der Waals surface area contributed by atoms with Gasteiger partial charge in [0.05, 0.1) is 0 Å². The SMILES string of the molecule is C=CC(=O)Oc1ccc(Oc2ccc(OC(=O)C=C)cc2C)c(C)c1. The average Bonchev–Trinajstić information content (AvgIpc) is 2.59. The lowest BCUT2D eigenvalue weighted by atomic mass is 10.2. The molecule has 0 saturated heterocycles. The zero-order chi connectivity index (χ0) is 18.4. The van der Waals surface area contributed by atoms with Crippen molar-refractivity contribution in [3.8, 4) is 23.0 Å². The van der Waals surface area contributed by atoms with E-state index in [1.807, 2.05) is 13.8 Å². The van der Waals surface area contributed by atoms with Gasteiger partial charge in [-0.2, -0.15) is 0 Å². The molecular formula is C20H18O5. The van der Waals surface area contributed by atoms with Gasteiger partial charge in [0, 0.05) is 12.2 Å². The molecule has 0 spiro atoms. The zero-order valence-corrected chi connectivity index (χ0v) is 14.1. The minimum atomic E-state index is -0.520. The maximum Gasteiger partial charge on any atom is 0.335 e. The third-order valence-electron chi connectivity index (χ3n) is 3.28. The van der Waals surface area contributed by atoms with Crippen molar-refractivity contribution in [1.29, 1.82) is 0 Å². The van der Waals surface area contributed by atoms with Crippen LogP contribution in [0, 0.1) is 13.8 Å². The molecule has 0 amide bonds. The van der Waals surface area contributed by atoms with E-state index in [1.165, 1.54) is 0 Å². The van der Waals surface area contributed by atoms with Gasteiger partial charge in [0.1, 0.15) is 23.0 Å². The number of benzene rings is 2. The van der Waals surface area contributed by atoms with Crippen LogP contribution in [-0.4, -0.2) is 11.9 Å². The molecule has 0 radical (unpaired) electrons. The number of rotatable bonds is 6. The highest BCUT2D eigenvalue weighted by Gasteiger charge is 2.09. The number of carbonyl (C=O) groups is 2. The molecule has 2 aromatic carbocycles. The molecule has 0 aromatic heterocycles. The Morgan fingerprint density at radius 2 is 1.20 bits per heavy atom. The van der Waals surface area contributed by atoms with Crippen LogP contribution < -0.4 is 14.2 Å². The normalized spacial score (nSPS) is 9.84. The first kappa shape index (κ1) is 18.0. The van der Waals surface area contributed by atoms with Crippen molar-refractivity contribution in [3.05, 3.63) is 72.8 Å².